The number of nitrogens with zero attached hydrogens (tertiary/aromatic N) is 3. The van der Waals surface area contributed by atoms with Gasteiger partial charge in [0.2, 0.25) is 11.0 Å². The first-order chi connectivity index (χ1) is 17.9. The first kappa shape index (κ1) is 25.2. The number of amides is 2. The molecule has 1 aliphatic heterocycles. The Bertz CT molecular complexity index is 1420. The van der Waals surface area contributed by atoms with Crippen molar-refractivity contribution in [2.75, 3.05) is 18.4 Å². The second-order valence-corrected chi connectivity index (χ2v) is 10.9. The van der Waals surface area contributed by atoms with E-state index in [4.69, 9.17) is 0 Å². The first-order valence-corrected chi connectivity index (χ1v) is 13.6. The van der Waals surface area contributed by atoms with Crippen LogP contribution in [0.4, 0.5) is 13.9 Å². The summed E-state index contributed by atoms with van der Waals surface area (Å²) < 4.78 is 29.1. The molecule has 0 bridgehead atoms. The SMILES string of the molecule is C[C@@H](C(=O)Nc1nncs1)[C@H](c1cccc(F)c1)c1ccc(-c2ccc(C(=O)N3CCCC3)c(F)c2)s1. The maximum atomic E-state index is 15.0. The van der Waals surface area contributed by atoms with Gasteiger partial charge in [-0.15, -0.1) is 21.5 Å². The maximum absolute atomic E-state index is 15.0. The smallest absolute Gasteiger partial charge is 0.256 e. The van der Waals surface area contributed by atoms with Crippen LogP contribution in [0, 0.1) is 17.6 Å². The summed E-state index contributed by atoms with van der Waals surface area (Å²) in [6.07, 6.45) is 1.88. The van der Waals surface area contributed by atoms with Gasteiger partial charge in [0.15, 0.2) is 0 Å². The number of carbonyl (C=O) groups excluding carboxylic acids is 2. The van der Waals surface area contributed by atoms with Crippen molar-refractivity contribution in [1.82, 2.24) is 15.1 Å². The van der Waals surface area contributed by atoms with Crippen LogP contribution in [-0.2, 0) is 4.79 Å². The fraction of sp³-hybridized carbons (Fsp3) is 0.259. The minimum atomic E-state index is -0.561. The molecule has 1 saturated heterocycles. The zero-order valence-electron chi connectivity index (χ0n) is 20.0. The van der Waals surface area contributed by atoms with Gasteiger partial charge in [-0.1, -0.05) is 36.5 Å². The van der Waals surface area contributed by atoms with E-state index >= 15 is 0 Å². The number of likely N-dealkylation sites (tertiary alicyclic amines) is 1. The van der Waals surface area contributed by atoms with Crippen LogP contribution in [0.3, 0.4) is 0 Å². The average molecular weight is 539 g/mol. The lowest BCUT2D eigenvalue weighted by atomic mass is 9.85. The molecule has 1 N–H and O–H groups in total. The van der Waals surface area contributed by atoms with Crippen LogP contribution in [0.25, 0.3) is 10.4 Å². The molecule has 6 nitrogen and oxygen atoms in total. The van der Waals surface area contributed by atoms with Crippen molar-refractivity contribution in [3.8, 4) is 10.4 Å². The van der Waals surface area contributed by atoms with E-state index < -0.39 is 23.5 Å². The summed E-state index contributed by atoms with van der Waals surface area (Å²) in [5.41, 5.74) is 2.89. The number of carbonyl (C=O) groups is 2. The highest BCUT2D eigenvalue weighted by Gasteiger charge is 2.30. The van der Waals surface area contributed by atoms with Gasteiger partial charge in [-0.3, -0.25) is 9.59 Å². The number of anilines is 1. The Hall–Kier alpha value is -3.50. The number of aromatic nitrogens is 2. The van der Waals surface area contributed by atoms with Gasteiger partial charge in [-0.25, -0.2) is 8.78 Å². The van der Waals surface area contributed by atoms with E-state index in [2.05, 4.69) is 15.5 Å². The van der Waals surface area contributed by atoms with E-state index in [1.165, 1.54) is 52.4 Å². The summed E-state index contributed by atoms with van der Waals surface area (Å²) in [6, 6.07) is 14.6. The molecule has 0 unspecified atom stereocenters. The monoisotopic (exact) mass is 538 g/mol. The van der Waals surface area contributed by atoms with Gasteiger partial charge in [0.05, 0.1) is 5.56 Å². The van der Waals surface area contributed by atoms with Gasteiger partial charge >= 0.3 is 0 Å². The zero-order valence-corrected chi connectivity index (χ0v) is 21.6. The van der Waals surface area contributed by atoms with Gasteiger partial charge in [-0.2, -0.15) is 0 Å². The van der Waals surface area contributed by atoms with Gasteiger partial charge in [0.1, 0.15) is 17.1 Å². The first-order valence-electron chi connectivity index (χ1n) is 11.9. The number of rotatable bonds is 7. The Labute approximate surface area is 221 Å². The molecule has 5 rings (SSSR count). The van der Waals surface area contributed by atoms with Crippen molar-refractivity contribution in [3.05, 3.63) is 87.7 Å². The molecular weight excluding hydrogens is 514 g/mol. The third-order valence-electron chi connectivity index (χ3n) is 6.52. The van der Waals surface area contributed by atoms with Crippen LogP contribution in [0.1, 0.15) is 46.5 Å². The molecule has 10 heteroatoms. The second-order valence-electron chi connectivity index (χ2n) is 8.95. The lowest BCUT2D eigenvalue weighted by Gasteiger charge is -2.22. The van der Waals surface area contributed by atoms with Crippen molar-refractivity contribution < 1.29 is 18.4 Å². The lowest BCUT2D eigenvalue weighted by molar-refractivity contribution is -0.119. The van der Waals surface area contributed by atoms with Gasteiger partial charge in [0, 0.05) is 34.7 Å². The Balaban J connectivity index is 1.44. The van der Waals surface area contributed by atoms with Gasteiger partial charge in [0.25, 0.3) is 5.91 Å². The fourth-order valence-corrected chi connectivity index (χ4v) is 6.29. The number of halogens is 2. The van der Waals surface area contributed by atoms with Crippen LogP contribution in [0.2, 0.25) is 0 Å². The topological polar surface area (TPSA) is 75.2 Å². The third kappa shape index (κ3) is 5.45. The molecule has 0 radical (unpaired) electrons. The molecular formula is C27H24F2N4O2S2. The van der Waals surface area contributed by atoms with Crippen LogP contribution in [0.5, 0.6) is 0 Å². The second kappa shape index (κ2) is 10.9. The number of thiophene rings is 1. The highest BCUT2D eigenvalue weighted by atomic mass is 32.1. The Morgan fingerprint density at radius 2 is 1.86 bits per heavy atom. The molecule has 2 amide bonds. The summed E-state index contributed by atoms with van der Waals surface area (Å²) in [6.45, 7) is 3.09. The molecule has 2 atom stereocenters. The van der Waals surface area contributed by atoms with Crippen LogP contribution >= 0.6 is 22.7 Å². The van der Waals surface area contributed by atoms with Crippen LogP contribution in [-0.4, -0.2) is 40.0 Å². The van der Waals surface area contributed by atoms with Crippen molar-refractivity contribution in [1.29, 1.82) is 0 Å². The van der Waals surface area contributed by atoms with Crippen molar-refractivity contribution in [3.63, 3.8) is 0 Å². The Morgan fingerprint density at radius 1 is 1.05 bits per heavy atom. The average Bonchev–Trinajstić information content (AvgIpc) is 3.67. The molecule has 1 fully saturated rings. The summed E-state index contributed by atoms with van der Waals surface area (Å²) in [7, 11) is 0. The highest BCUT2D eigenvalue weighted by Crippen LogP contribution is 2.40. The van der Waals surface area contributed by atoms with Crippen molar-refractivity contribution in [2.45, 2.75) is 25.7 Å². The molecule has 0 saturated carbocycles. The van der Waals surface area contributed by atoms with Crippen molar-refractivity contribution >= 4 is 39.6 Å². The normalized spacial score (nSPS) is 14.9. The molecule has 0 spiro atoms. The fourth-order valence-electron chi connectivity index (χ4n) is 4.61. The van der Waals surface area contributed by atoms with E-state index in [0.29, 0.717) is 29.3 Å². The predicted octanol–water partition coefficient (Wildman–Crippen LogP) is 6.19. The molecule has 2 aromatic carbocycles. The predicted molar refractivity (Wildman–Crippen MR) is 141 cm³/mol. The summed E-state index contributed by atoms with van der Waals surface area (Å²) in [5, 5.41) is 10.8. The van der Waals surface area contributed by atoms with Gasteiger partial charge < -0.3 is 10.2 Å². The Morgan fingerprint density at radius 3 is 2.57 bits per heavy atom. The standard InChI is InChI=1S/C27H24F2N4O2S2/c1-16(25(34)31-27-32-30-15-36-27)24(18-5-4-6-19(28)13-18)23-10-9-22(37-23)17-7-8-20(21(29)14-17)26(35)33-11-2-3-12-33/h4-10,13-16,24H,2-3,11-12H2,1H3,(H,31,32,34)/t16-,24-/m1/s1. The molecule has 3 heterocycles. The number of benzene rings is 2. The van der Waals surface area contributed by atoms with E-state index in [1.54, 1.807) is 30.0 Å². The maximum Gasteiger partial charge on any atom is 0.256 e. The van der Waals surface area contributed by atoms with E-state index in [9.17, 15) is 18.4 Å². The van der Waals surface area contributed by atoms with E-state index in [1.807, 2.05) is 12.1 Å². The van der Waals surface area contributed by atoms with Crippen LogP contribution in [0.15, 0.2) is 60.1 Å². The zero-order chi connectivity index (χ0) is 25.9. The molecule has 4 aromatic rings. The summed E-state index contributed by atoms with van der Waals surface area (Å²) >= 11 is 2.62. The minimum Gasteiger partial charge on any atom is -0.339 e. The molecule has 190 valence electrons. The number of nitrogens with one attached hydrogen (secondary N) is 1. The summed E-state index contributed by atoms with van der Waals surface area (Å²) in [5.74, 6) is -2.50. The number of hydrogen-bond acceptors (Lipinski definition) is 6. The van der Waals surface area contributed by atoms with E-state index in [0.717, 1.165) is 22.6 Å². The van der Waals surface area contributed by atoms with E-state index in [-0.39, 0.29) is 17.4 Å². The molecule has 2 aromatic heterocycles. The van der Waals surface area contributed by atoms with Crippen molar-refractivity contribution in [2.24, 2.45) is 5.92 Å². The molecule has 0 aliphatic carbocycles. The Kier molecular flexibility index (Phi) is 7.38. The quantitative estimate of drug-likeness (QED) is 0.305. The highest BCUT2D eigenvalue weighted by molar-refractivity contribution is 7.15. The molecule has 37 heavy (non-hydrogen) atoms. The minimum absolute atomic E-state index is 0.0713. The number of hydrogen-bond donors (Lipinski definition) is 1. The third-order valence-corrected chi connectivity index (χ3v) is 8.35. The largest absolute Gasteiger partial charge is 0.339 e. The van der Waals surface area contributed by atoms with Gasteiger partial charge in [-0.05, 0) is 60.4 Å². The van der Waals surface area contributed by atoms with Crippen LogP contribution < -0.4 is 5.32 Å². The lowest BCUT2D eigenvalue weighted by Crippen LogP contribution is -2.28. The summed E-state index contributed by atoms with van der Waals surface area (Å²) in [4.78, 5) is 29.0. The molecule has 1 aliphatic rings.